The van der Waals surface area contributed by atoms with E-state index in [-0.39, 0.29) is 29.7 Å². The Morgan fingerprint density at radius 1 is 1.13 bits per heavy atom. The SMILES string of the molecule is CC(C)C(N)=NC(=O)N1CCC(C(C)CCOc2cnc(N3CCC(c4ccccc4F)C(N)C3)nc2)CC1. The summed E-state index contributed by atoms with van der Waals surface area (Å²) in [6.07, 6.45) is 6.98. The zero-order valence-electron chi connectivity index (χ0n) is 23.3. The van der Waals surface area contributed by atoms with Crippen molar-refractivity contribution in [3.8, 4) is 5.75 Å². The summed E-state index contributed by atoms with van der Waals surface area (Å²) >= 11 is 0. The average molecular weight is 540 g/mol. The molecule has 0 saturated carbocycles. The zero-order chi connectivity index (χ0) is 27.9. The minimum atomic E-state index is -0.226. The number of urea groups is 1. The van der Waals surface area contributed by atoms with E-state index in [0.29, 0.717) is 67.7 Å². The molecule has 39 heavy (non-hydrogen) atoms. The number of hydrogen-bond acceptors (Lipinski definition) is 6. The van der Waals surface area contributed by atoms with Gasteiger partial charge in [0.2, 0.25) is 5.95 Å². The number of nitrogens with two attached hydrogens (primary N) is 2. The molecule has 3 unspecified atom stereocenters. The molecule has 4 N–H and O–H groups in total. The first-order chi connectivity index (χ1) is 18.7. The van der Waals surface area contributed by atoms with Crippen molar-refractivity contribution in [3.63, 3.8) is 0 Å². The second kappa shape index (κ2) is 13.2. The van der Waals surface area contributed by atoms with E-state index >= 15 is 0 Å². The van der Waals surface area contributed by atoms with Gasteiger partial charge in [-0.1, -0.05) is 39.0 Å². The van der Waals surface area contributed by atoms with Gasteiger partial charge in [-0.15, -0.1) is 0 Å². The van der Waals surface area contributed by atoms with Crippen LogP contribution < -0.4 is 21.1 Å². The summed E-state index contributed by atoms with van der Waals surface area (Å²) in [5.74, 6) is 2.50. The van der Waals surface area contributed by atoms with Crippen LogP contribution in [-0.2, 0) is 0 Å². The van der Waals surface area contributed by atoms with Crippen LogP contribution in [0, 0.1) is 23.6 Å². The summed E-state index contributed by atoms with van der Waals surface area (Å²) in [5.41, 5.74) is 13.0. The molecule has 2 aliphatic heterocycles. The van der Waals surface area contributed by atoms with Crippen LogP contribution in [0.4, 0.5) is 15.1 Å². The minimum Gasteiger partial charge on any atom is -0.490 e. The predicted octanol–water partition coefficient (Wildman–Crippen LogP) is 4.19. The first kappa shape index (κ1) is 28.7. The van der Waals surface area contributed by atoms with E-state index in [9.17, 15) is 9.18 Å². The van der Waals surface area contributed by atoms with Crippen molar-refractivity contribution in [2.45, 2.75) is 58.4 Å². The Kier molecular flexibility index (Phi) is 9.72. The van der Waals surface area contributed by atoms with Crippen LogP contribution >= 0.6 is 0 Å². The van der Waals surface area contributed by atoms with Gasteiger partial charge in [0.05, 0.1) is 19.0 Å². The summed E-state index contributed by atoms with van der Waals surface area (Å²) in [6.45, 7) is 9.38. The first-order valence-electron chi connectivity index (χ1n) is 14.1. The maximum atomic E-state index is 14.2. The van der Waals surface area contributed by atoms with Gasteiger partial charge < -0.3 is 26.0 Å². The highest BCUT2D eigenvalue weighted by Crippen LogP contribution is 2.31. The molecule has 0 bridgehead atoms. The fourth-order valence-corrected chi connectivity index (χ4v) is 5.44. The van der Waals surface area contributed by atoms with E-state index in [2.05, 4.69) is 21.9 Å². The number of amides is 2. The molecule has 1 aromatic heterocycles. The van der Waals surface area contributed by atoms with E-state index in [1.807, 2.05) is 30.9 Å². The Hall–Kier alpha value is -3.27. The molecule has 0 spiro atoms. The number of anilines is 1. The van der Waals surface area contributed by atoms with Gasteiger partial charge in [0.25, 0.3) is 0 Å². The summed E-state index contributed by atoms with van der Waals surface area (Å²) in [7, 11) is 0. The lowest BCUT2D eigenvalue weighted by Crippen LogP contribution is -2.48. The molecular weight excluding hydrogens is 497 g/mol. The molecule has 1 aromatic carbocycles. The highest BCUT2D eigenvalue weighted by atomic mass is 19.1. The Morgan fingerprint density at radius 3 is 2.46 bits per heavy atom. The van der Waals surface area contributed by atoms with Crippen LogP contribution in [0.5, 0.6) is 5.75 Å². The molecule has 2 saturated heterocycles. The number of aromatic nitrogens is 2. The van der Waals surface area contributed by atoms with Crippen LogP contribution in [0.3, 0.4) is 0 Å². The Labute approximate surface area is 230 Å². The number of nitrogens with zero attached hydrogens (tertiary/aromatic N) is 5. The molecule has 0 aliphatic carbocycles. The molecule has 10 heteroatoms. The van der Waals surface area contributed by atoms with Crippen molar-refractivity contribution in [2.24, 2.45) is 34.2 Å². The summed E-state index contributed by atoms with van der Waals surface area (Å²) in [6, 6.07) is 6.44. The van der Waals surface area contributed by atoms with Gasteiger partial charge in [0.1, 0.15) is 11.7 Å². The molecular formula is C29H42FN7O2. The Morgan fingerprint density at radius 2 is 1.82 bits per heavy atom. The summed E-state index contributed by atoms with van der Waals surface area (Å²) in [5, 5.41) is 0. The molecule has 212 valence electrons. The largest absolute Gasteiger partial charge is 0.490 e. The first-order valence-corrected chi connectivity index (χ1v) is 14.1. The minimum absolute atomic E-state index is 0.0167. The molecule has 2 aromatic rings. The van der Waals surface area contributed by atoms with E-state index in [1.165, 1.54) is 6.07 Å². The molecule has 4 rings (SSSR count). The fourth-order valence-electron chi connectivity index (χ4n) is 5.44. The quantitative estimate of drug-likeness (QED) is 0.381. The van der Waals surface area contributed by atoms with Crippen molar-refractivity contribution in [1.82, 2.24) is 14.9 Å². The third-order valence-corrected chi connectivity index (χ3v) is 8.13. The van der Waals surface area contributed by atoms with Gasteiger partial charge in [-0.3, -0.25) is 0 Å². The van der Waals surface area contributed by atoms with Crippen LogP contribution in [-0.4, -0.2) is 65.6 Å². The maximum absolute atomic E-state index is 14.2. The number of halogens is 1. The van der Waals surface area contributed by atoms with Crippen molar-refractivity contribution in [2.75, 3.05) is 37.7 Å². The van der Waals surface area contributed by atoms with Crippen molar-refractivity contribution < 1.29 is 13.9 Å². The number of piperidine rings is 2. The highest BCUT2D eigenvalue weighted by Gasteiger charge is 2.30. The lowest BCUT2D eigenvalue weighted by Gasteiger charge is -2.37. The molecule has 2 aliphatic rings. The van der Waals surface area contributed by atoms with Crippen LogP contribution in [0.2, 0.25) is 0 Å². The lowest BCUT2D eigenvalue weighted by atomic mass is 9.84. The molecule has 9 nitrogen and oxygen atoms in total. The van der Waals surface area contributed by atoms with Gasteiger partial charge in [-0.05, 0) is 49.1 Å². The van der Waals surface area contributed by atoms with Crippen molar-refractivity contribution in [1.29, 1.82) is 0 Å². The smallest absolute Gasteiger partial charge is 0.345 e. The zero-order valence-corrected chi connectivity index (χ0v) is 23.3. The third-order valence-electron chi connectivity index (χ3n) is 8.13. The van der Waals surface area contributed by atoms with Gasteiger partial charge >= 0.3 is 6.03 Å². The molecule has 3 heterocycles. The number of carbonyl (C=O) groups excluding carboxylic acids is 1. The average Bonchev–Trinajstić information content (AvgIpc) is 2.94. The van der Waals surface area contributed by atoms with Crippen LogP contribution in [0.15, 0.2) is 41.7 Å². The van der Waals surface area contributed by atoms with Crippen molar-refractivity contribution in [3.05, 3.63) is 48.0 Å². The van der Waals surface area contributed by atoms with E-state index in [4.69, 9.17) is 16.2 Å². The monoisotopic (exact) mass is 539 g/mol. The van der Waals surface area contributed by atoms with E-state index in [0.717, 1.165) is 25.7 Å². The fraction of sp³-hybridized carbons (Fsp3) is 0.586. The maximum Gasteiger partial charge on any atom is 0.345 e. The van der Waals surface area contributed by atoms with Gasteiger partial charge in [0, 0.05) is 44.1 Å². The van der Waals surface area contributed by atoms with Gasteiger partial charge in [-0.25, -0.2) is 19.2 Å². The van der Waals surface area contributed by atoms with E-state index in [1.54, 1.807) is 23.4 Å². The number of aliphatic imine (C=N–C) groups is 1. The number of likely N-dealkylation sites (tertiary alicyclic amines) is 1. The number of benzene rings is 1. The lowest BCUT2D eigenvalue weighted by molar-refractivity contribution is 0.149. The van der Waals surface area contributed by atoms with Gasteiger partial charge in [-0.2, -0.15) is 4.99 Å². The second-order valence-corrected chi connectivity index (χ2v) is 11.2. The summed E-state index contributed by atoms with van der Waals surface area (Å²) in [4.78, 5) is 29.2. The molecule has 2 amide bonds. The highest BCUT2D eigenvalue weighted by molar-refractivity contribution is 5.93. The summed E-state index contributed by atoms with van der Waals surface area (Å²) < 4.78 is 20.2. The number of amidine groups is 1. The van der Waals surface area contributed by atoms with E-state index < -0.39 is 0 Å². The number of hydrogen-bond donors (Lipinski definition) is 2. The number of rotatable bonds is 8. The Balaban J connectivity index is 1.19. The molecule has 0 radical (unpaired) electrons. The molecule has 2 fully saturated rings. The van der Waals surface area contributed by atoms with Crippen LogP contribution in [0.1, 0.15) is 57.9 Å². The Bertz CT molecular complexity index is 1120. The third kappa shape index (κ3) is 7.44. The normalized spacial score (nSPS) is 21.7. The standard InChI is InChI=1S/C29H42FN7O2/c1-19(2)27(32)35-29(38)36-12-8-21(9-13-36)20(3)11-15-39-22-16-33-28(34-17-22)37-14-10-24(26(31)18-37)23-6-4-5-7-25(23)30/h4-7,16-17,19-21,24,26H,8-15,18,31H2,1-3H3,(H2,32,35,38). The number of carbonyl (C=O) groups is 1. The number of ether oxygens (including phenoxy) is 1. The predicted molar refractivity (Wildman–Crippen MR) is 151 cm³/mol. The molecule has 3 atom stereocenters. The topological polar surface area (TPSA) is 123 Å². The second-order valence-electron chi connectivity index (χ2n) is 11.2. The van der Waals surface area contributed by atoms with Crippen LogP contribution in [0.25, 0.3) is 0 Å². The van der Waals surface area contributed by atoms with Gasteiger partial charge in [0.15, 0.2) is 5.75 Å². The van der Waals surface area contributed by atoms with Crippen molar-refractivity contribution >= 4 is 17.8 Å².